The molecule has 132 valence electrons. The average molecular weight is 429 g/mol. The molecule has 7 nitrogen and oxygen atoms in total. The van der Waals surface area contributed by atoms with Gasteiger partial charge in [-0.05, 0) is 45.8 Å². The van der Waals surface area contributed by atoms with Crippen LogP contribution in [0.2, 0.25) is 0 Å². The molecule has 1 heterocycles. The van der Waals surface area contributed by atoms with Crippen LogP contribution in [-0.4, -0.2) is 24.4 Å². The highest BCUT2D eigenvalue weighted by atomic mass is 79.9. The first-order valence-corrected chi connectivity index (χ1v) is 8.65. The molecular formula is C15H14BrFN4O3S. The van der Waals surface area contributed by atoms with E-state index in [-0.39, 0.29) is 18.9 Å². The highest BCUT2D eigenvalue weighted by Crippen LogP contribution is 2.21. The Kier molecular flexibility index (Phi) is 6.90. The topological polar surface area (TPSA) is 99.3 Å². The van der Waals surface area contributed by atoms with Gasteiger partial charge in [0.1, 0.15) is 12.4 Å². The number of halogens is 2. The Labute approximate surface area is 155 Å². The van der Waals surface area contributed by atoms with E-state index < -0.39 is 17.8 Å². The Bertz CT molecular complexity index is 766. The number of hydrazine groups is 1. The smallest absolute Gasteiger partial charge is 0.315 e. The molecule has 25 heavy (non-hydrogen) atoms. The SMILES string of the molecule is O=C(CNC(=O)NCc1ccc(F)cc1)NNC(=O)c1ccc(Br)s1. The summed E-state index contributed by atoms with van der Waals surface area (Å²) >= 11 is 4.46. The van der Waals surface area contributed by atoms with E-state index in [9.17, 15) is 18.8 Å². The molecule has 0 saturated carbocycles. The van der Waals surface area contributed by atoms with E-state index in [1.807, 2.05) is 0 Å². The second kappa shape index (κ2) is 9.14. The lowest BCUT2D eigenvalue weighted by atomic mass is 10.2. The standard InChI is InChI=1S/C15H14BrFN4O3S/c16-12-6-5-11(25-12)14(23)21-20-13(22)8-19-15(24)18-7-9-1-3-10(17)4-2-9/h1-6H,7-8H2,(H,20,22)(H,21,23)(H2,18,19,24). The van der Waals surface area contributed by atoms with E-state index in [1.165, 1.54) is 23.5 Å². The molecule has 0 atom stereocenters. The van der Waals surface area contributed by atoms with Crippen LogP contribution in [0, 0.1) is 5.82 Å². The number of benzene rings is 1. The van der Waals surface area contributed by atoms with Crippen molar-refractivity contribution in [3.8, 4) is 0 Å². The highest BCUT2D eigenvalue weighted by Gasteiger charge is 2.10. The molecule has 0 unspecified atom stereocenters. The van der Waals surface area contributed by atoms with E-state index in [4.69, 9.17) is 0 Å². The zero-order valence-electron chi connectivity index (χ0n) is 12.8. The maximum absolute atomic E-state index is 12.8. The molecule has 0 radical (unpaired) electrons. The number of amides is 4. The van der Waals surface area contributed by atoms with Crippen molar-refractivity contribution < 1.29 is 18.8 Å². The lowest BCUT2D eigenvalue weighted by Gasteiger charge is -2.09. The monoisotopic (exact) mass is 428 g/mol. The van der Waals surface area contributed by atoms with Crippen molar-refractivity contribution in [3.05, 3.63) is 56.4 Å². The minimum atomic E-state index is -0.582. The van der Waals surface area contributed by atoms with Gasteiger partial charge in [-0.15, -0.1) is 11.3 Å². The summed E-state index contributed by atoms with van der Waals surface area (Å²) in [6.45, 7) is -0.124. The van der Waals surface area contributed by atoms with Gasteiger partial charge in [-0.3, -0.25) is 20.4 Å². The van der Waals surface area contributed by atoms with Gasteiger partial charge in [-0.25, -0.2) is 9.18 Å². The molecule has 0 saturated heterocycles. The van der Waals surface area contributed by atoms with Crippen LogP contribution in [0.3, 0.4) is 0 Å². The van der Waals surface area contributed by atoms with Crippen molar-refractivity contribution >= 4 is 45.1 Å². The Hall–Kier alpha value is -2.46. The Balaban J connectivity index is 1.64. The van der Waals surface area contributed by atoms with Crippen LogP contribution in [0.1, 0.15) is 15.2 Å². The summed E-state index contributed by atoms with van der Waals surface area (Å²) in [5.74, 6) is -1.40. The maximum Gasteiger partial charge on any atom is 0.315 e. The minimum Gasteiger partial charge on any atom is -0.334 e. The molecule has 1 aromatic heterocycles. The summed E-state index contributed by atoms with van der Waals surface area (Å²) < 4.78 is 13.6. The van der Waals surface area contributed by atoms with E-state index in [1.54, 1.807) is 24.3 Å². The van der Waals surface area contributed by atoms with Crippen LogP contribution in [-0.2, 0) is 11.3 Å². The quantitative estimate of drug-likeness (QED) is 0.547. The third-order valence-electron chi connectivity index (χ3n) is 2.89. The number of carbonyl (C=O) groups is 3. The predicted octanol–water partition coefficient (Wildman–Crippen LogP) is 1.91. The van der Waals surface area contributed by atoms with Gasteiger partial charge in [0.25, 0.3) is 11.8 Å². The average Bonchev–Trinajstić information content (AvgIpc) is 3.04. The van der Waals surface area contributed by atoms with Crippen molar-refractivity contribution in [2.45, 2.75) is 6.54 Å². The number of hydrogen-bond donors (Lipinski definition) is 4. The lowest BCUT2D eigenvalue weighted by Crippen LogP contribution is -2.47. The molecule has 0 aliphatic heterocycles. The number of rotatable bonds is 5. The Morgan fingerprint density at radius 1 is 1.00 bits per heavy atom. The van der Waals surface area contributed by atoms with Crippen LogP contribution in [0.4, 0.5) is 9.18 Å². The zero-order valence-corrected chi connectivity index (χ0v) is 15.2. The van der Waals surface area contributed by atoms with E-state index >= 15 is 0 Å². The van der Waals surface area contributed by atoms with Crippen molar-refractivity contribution in [1.29, 1.82) is 0 Å². The van der Waals surface area contributed by atoms with Crippen LogP contribution in [0.5, 0.6) is 0 Å². The van der Waals surface area contributed by atoms with Crippen LogP contribution in [0.15, 0.2) is 40.2 Å². The summed E-state index contributed by atoms with van der Waals surface area (Å²) in [6.07, 6.45) is 0. The largest absolute Gasteiger partial charge is 0.334 e. The first kappa shape index (κ1) is 18.9. The van der Waals surface area contributed by atoms with Crippen molar-refractivity contribution in [2.75, 3.05) is 6.54 Å². The van der Waals surface area contributed by atoms with Crippen LogP contribution < -0.4 is 21.5 Å². The van der Waals surface area contributed by atoms with Crippen molar-refractivity contribution in [3.63, 3.8) is 0 Å². The molecule has 1 aromatic carbocycles. The number of nitrogens with one attached hydrogen (secondary N) is 4. The predicted molar refractivity (Wildman–Crippen MR) is 94.3 cm³/mol. The van der Waals surface area contributed by atoms with Crippen LogP contribution >= 0.6 is 27.3 Å². The summed E-state index contributed by atoms with van der Waals surface area (Å²) in [6, 6.07) is 8.43. The van der Waals surface area contributed by atoms with Gasteiger partial charge >= 0.3 is 6.03 Å². The Morgan fingerprint density at radius 3 is 2.36 bits per heavy atom. The molecule has 0 fully saturated rings. The number of carbonyl (C=O) groups excluding carboxylic acids is 3. The molecule has 4 amide bonds. The molecule has 0 bridgehead atoms. The molecule has 0 aliphatic carbocycles. The zero-order chi connectivity index (χ0) is 18.2. The lowest BCUT2D eigenvalue weighted by molar-refractivity contribution is -0.120. The highest BCUT2D eigenvalue weighted by molar-refractivity contribution is 9.11. The fourth-order valence-electron chi connectivity index (χ4n) is 1.68. The van der Waals surface area contributed by atoms with Gasteiger partial charge in [0.2, 0.25) is 0 Å². The maximum atomic E-state index is 12.8. The molecule has 4 N–H and O–H groups in total. The minimum absolute atomic E-state index is 0.192. The van der Waals surface area contributed by atoms with E-state index in [2.05, 4.69) is 37.4 Å². The fraction of sp³-hybridized carbons (Fsp3) is 0.133. The molecule has 0 aliphatic rings. The summed E-state index contributed by atoms with van der Waals surface area (Å²) in [7, 11) is 0. The second-order valence-electron chi connectivity index (χ2n) is 4.77. The van der Waals surface area contributed by atoms with Gasteiger partial charge in [0.05, 0.1) is 8.66 Å². The van der Waals surface area contributed by atoms with Crippen molar-refractivity contribution in [2.24, 2.45) is 0 Å². The van der Waals surface area contributed by atoms with Gasteiger partial charge in [0, 0.05) is 6.54 Å². The molecule has 0 spiro atoms. The third-order valence-corrected chi connectivity index (χ3v) is 4.51. The molecule has 10 heteroatoms. The first-order chi connectivity index (χ1) is 11.9. The number of thiophene rings is 1. The van der Waals surface area contributed by atoms with E-state index in [0.29, 0.717) is 4.88 Å². The van der Waals surface area contributed by atoms with Gasteiger partial charge in [-0.1, -0.05) is 12.1 Å². The van der Waals surface area contributed by atoms with Crippen LogP contribution in [0.25, 0.3) is 0 Å². The summed E-state index contributed by atoms with van der Waals surface area (Å²) in [5, 5.41) is 4.86. The number of hydrogen-bond acceptors (Lipinski definition) is 4. The van der Waals surface area contributed by atoms with Gasteiger partial charge < -0.3 is 10.6 Å². The fourth-order valence-corrected chi connectivity index (χ4v) is 2.96. The summed E-state index contributed by atoms with van der Waals surface area (Å²) in [4.78, 5) is 35.3. The van der Waals surface area contributed by atoms with E-state index in [0.717, 1.165) is 9.35 Å². The van der Waals surface area contributed by atoms with Gasteiger partial charge in [-0.2, -0.15) is 0 Å². The second-order valence-corrected chi connectivity index (χ2v) is 7.23. The molecule has 2 rings (SSSR count). The van der Waals surface area contributed by atoms with Crippen molar-refractivity contribution in [1.82, 2.24) is 21.5 Å². The normalized spacial score (nSPS) is 10.0. The number of urea groups is 1. The van der Waals surface area contributed by atoms with Gasteiger partial charge in [0.15, 0.2) is 0 Å². The molecular weight excluding hydrogens is 415 g/mol. The third kappa shape index (κ3) is 6.51. The summed E-state index contributed by atoms with van der Waals surface area (Å²) in [5.41, 5.74) is 5.16. The Morgan fingerprint density at radius 2 is 1.72 bits per heavy atom. The molecule has 2 aromatic rings. The first-order valence-electron chi connectivity index (χ1n) is 7.04.